The number of ether oxygens (including phenoxy) is 1. The van der Waals surface area contributed by atoms with Crippen molar-refractivity contribution in [3.63, 3.8) is 0 Å². The van der Waals surface area contributed by atoms with Crippen LogP contribution in [0.5, 0.6) is 0 Å². The third kappa shape index (κ3) is 5.73. The first kappa shape index (κ1) is 17.6. The fourth-order valence-corrected chi connectivity index (χ4v) is 2.64. The monoisotopic (exact) mass is 340 g/mol. The molecule has 0 bridgehead atoms. The van der Waals surface area contributed by atoms with E-state index in [2.05, 4.69) is 5.32 Å². The second kappa shape index (κ2) is 8.74. The lowest BCUT2D eigenvalue weighted by atomic mass is 10.2. The van der Waals surface area contributed by atoms with Crippen LogP contribution in [0, 0.1) is 0 Å². The lowest BCUT2D eigenvalue weighted by molar-refractivity contribution is -0.903. The number of quaternary nitrogens is 1. The molecule has 1 heterocycles. The molecule has 6 nitrogen and oxygen atoms in total. The summed E-state index contributed by atoms with van der Waals surface area (Å²) in [4.78, 5) is 26.6. The van der Waals surface area contributed by atoms with E-state index in [1.54, 1.807) is 36.1 Å². The van der Waals surface area contributed by atoms with Crippen molar-refractivity contribution in [2.24, 2.45) is 0 Å². The molecular weight excluding hydrogens is 318 g/mol. The van der Waals surface area contributed by atoms with Crippen LogP contribution in [-0.4, -0.2) is 56.2 Å². The zero-order chi connectivity index (χ0) is 16.7. The highest BCUT2D eigenvalue weighted by Gasteiger charge is 2.24. The summed E-state index contributed by atoms with van der Waals surface area (Å²) >= 11 is 5.81. The van der Waals surface area contributed by atoms with E-state index in [9.17, 15) is 9.59 Å². The Morgan fingerprint density at radius 3 is 2.52 bits per heavy atom. The van der Waals surface area contributed by atoms with Crippen LogP contribution in [0.25, 0.3) is 0 Å². The molecule has 0 aromatic heterocycles. The van der Waals surface area contributed by atoms with Crippen LogP contribution in [0.3, 0.4) is 0 Å². The summed E-state index contributed by atoms with van der Waals surface area (Å²) in [6.45, 7) is 5.99. The minimum Gasteiger partial charge on any atom is -0.450 e. The molecule has 2 rings (SSSR count). The Hall–Kier alpha value is -1.79. The standard InChI is InChI=1S/C16H22ClN3O3/c1-2-23-16(22)20-11-9-19(10-12-20)8-7-15(21)18-14-5-3-13(17)4-6-14/h3-6H,2,7-12H2,1H3,(H,18,21)/p+1. The highest BCUT2D eigenvalue weighted by atomic mass is 35.5. The maximum atomic E-state index is 12.0. The summed E-state index contributed by atoms with van der Waals surface area (Å²) in [5, 5.41) is 3.50. The van der Waals surface area contributed by atoms with Gasteiger partial charge in [0.25, 0.3) is 0 Å². The topological polar surface area (TPSA) is 63.1 Å². The summed E-state index contributed by atoms with van der Waals surface area (Å²) in [6.07, 6.45) is 0.212. The third-order valence-corrected chi connectivity index (χ3v) is 4.08. The number of piperazine rings is 1. The van der Waals surface area contributed by atoms with Gasteiger partial charge in [-0.3, -0.25) is 9.69 Å². The SMILES string of the molecule is CCOC(=O)N1CC[NH+](CCC(=O)Nc2ccc(Cl)cc2)CC1. The van der Waals surface area contributed by atoms with E-state index >= 15 is 0 Å². The maximum absolute atomic E-state index is 12.0. The predicted octanol–water partition coefficient (Wildman–Crippen LogP) is 1.03. The van der Waals surface area contributed by atoms with Gasteiger partial charge >= 0.3 is 6.09 Å². The van der Waals surface area contributed by atoms with E-state index in [1.165, 1.54) is 4.90 Å². The van der Waals surface area contributed by atoms with Crippen molar-refractivity contribution in [1.82, 2.24) is 4.90 Å². The molecule has 0 saturated carbocycles. The molecule has 2 N–H and O–H groups in total. The Balaban J connectivity index is 1.67. The summed E-state index contributed by atoms with van der Waals surface area (Å²) < 4.78 is 4.99. The molecular formula is C16H23ClN3O3+. The summed E-state index contributed by atoms with van der Waals surface area (Å²) in [7, 11) is 0. The van der Waals surface area contributed by atoms with Gasteiger partial charge in [-0.2, -0.15) is 0 Å². The van der Waals surface area contributed by atoms with Gasteiger partial charge in [0, 0.05) is 10.7 Å². The zero-order valence-corrected chi connectivity index (χ0v) is 14.1. The van der Waals surface area contributed by atoms with Crippen LogP contribution < -0.4 is 10.2 Å². The molecule has 2 amide bonds. The maximum Gasteiger partial charge on any atom is 0.410 e. The number of nitrogens with zero attached hydrogens (tertiary/aromatic N) is 1. The molecule has 1 aromatic carbocycles. The number of hydrogen-bond acceptors (Lipinski definition) is 3. The lowest BCUT2D eigenvalue weighted by Crippen LogP contribution is -3.15. The molecule has 0 spiro atoms. The van der Waals surface area contributed by atoms with Crippen molar-refractivity contribution >= 4 is 29.3 Å². The fraction of sp³-hybridized carbons (Fsp3) is 0.500. The van der Waals surface area contributed by atoms with Gasteiger partial charge in [-0.15, -0.1) is 0 Å². The second-order valence-electron chi connectivity index (χ2n) is 5.49. The number of nitrogens with one attached hydrogen (secondary N) is 2. The number of carbonyl (C=O) groups is 2. The number of halogens is 1. The quantitative estimate of drug-likeness (QED) is 0.841. The van der Waals surface area contributed by atoms with E-state index in [1.807, 2.05) is 0 Å². The predicted molar refractivity (Wildman–Crippen MR) is 88.9 cm³/mol. The van der Waals surface area contributed by atoms with Gasteiger partial charge in [0.15, 0.2) is 0 Å². The Morgan fingerprint density at radius 2 is 1.91 bits per heavy atom. The average molecular weight is 341 g/mol. The van der Waals surface area contributed by atoms with Crippen LogP contribution >= 0.6 is 11.6 Å². The molecule has 0 unspecified atom stereocenters. The second-order valence-corrected chi connectivity index (χ2v) is 5.93. The number of amides is 2. The van der Waals surface area contributed by atoms with Crippen LogP contribution in [-0.2, 0) is 9.53 Å². The Morgan fingerprint density at radius 1 is 1.26 bits per heavy atom. The van der Waals surface area contributed by atoms with Crippen LogP contribution in [0.2, 0.25) is 5.02 Å². The Kier molecular flexibility index (Phi) is 6.67. The average Bonchev–Trinajstić information content (AvgIpc) is 2.56. The molecule has 1 fully saturated rings. The van der Waals surface area contributed by atoms with Gasteiger partial charge in [-0.05, 0) is 31.2 Å². The highest BCUT2D eigenvalue weighted by molar-refractivity contribution is 6.30. The smallest absolute Gasteiger partial charge is 0.410 e. The minimum absolute atomic E-state index is 0.00681. The molecule has 126 valence electrons. The molecule has 1 aliphatic heterocycles. The highest BCUT2D eigenvalue weighted by Crippen LogP contribution is 2.13. The van der Waals surface area contributed by atoms with Crippen molar-refractivity contribution in [2.45, 2.75) is 13.3 Å². The van der Waals surface area contributed by atoms with Crippen LogP contribution in [0.4, 0.5) is 10.5 Å². The third-order valence-electron chi connectivity index (χ3n) is 3.83. The van der Waals surface area contributed by atoms with Gasteiger partial charge in [-0.25, -0.2) is 4.79 Å². The Labute approximate surface area is 141 Å². The van der Waals surface area contributed by atoms with E-state index in [4.69, 9.17) is 16.3 Å². The number of hydrogen-bond donors (Lipinski definition) is 2. The number of rotatable bonds is 5. The molecule has 7 heteroatoms. The van der Waals surface area contributed by atoms with Gasteiger partial charge in [-0.1, -0.05) is 11.6 Å². The van der Waals surface area contributed by atoms with E-state index in [0.29, 0.717) is 31.1 Å². The first-order chi connectivity index (χ1) is 11.1. The van der Waals surface area contributed by atoms with E-state index in [0.717, 1.165) is 25.3 Å². The molecule has 1 aliphatic rings. The number of carbonyl (C=O) groups excluding carboxylic acids is 2. The van der Waals surface area contributed by atoms with Gasteiger partial charge in [0.2, 0.25) is 5.91 Å². The fourth-order valence-electron chi connectivity index (χ4n) is 2.52. The molecule has 0 aliphatic carbocycles. The van der Waals surface area contributed by atoms with Crippen molar-refractivity contribution < 1.29 is 19.2 Å². The summed E-state index contributed by atoms with van der Waals surface area (Å²) in [5.74, 6) is -0.00681. The number of anilines is 1. The number of benzene rings is 1. The molecule has 0 radical (unpaired) electrons. The molecule has 1 aromatic rings. The van der Waals surface area contributed by atoms with Crippen molar-refractivity contribution in [3.8, 4) is 0 Å². The van der Waals surface area contributed by atoms with Gasteiger partial charge in [0.1, 0.15) is 0 Å². The largest absolute Gasteiger partial charge is 0.450 e. The first-order valence-electron chi connectivity index (χ1n) is 7.89. The van der Waals surface area contributed by atoms with Gasteiger partial charge < -0.3 is 15.0 Å². The van der Waals surface area contributed by atoms with E-state index in [-0.39, 0.29) is 12.0 Å². The normalized spacial score (nSPS) is 15.3. The zero-order valence-electron chi connectivity index (χ0n) is 13.3. The lowest BCUT2D eigenvalue weighted by Gasteiger charge is -2.31. The van der Waals surface area contributed by atoms with Crippen LogP contribution in [0.1, 0.15) is 13.3 Å². The van der Waals surface area contributed by atoms with Crippen molar-refractivity contribution in [1.29, 1.82) is 0 Å². The molecule has 0 atom stereocenters. The van der Waals surface area contributed by atoms with Crippen molar-refractivity contribution in [2.75, 3.05) is 44.6 Å². The van der Waals surface area contributed by atoms with Crippen molar-refractivity contribution in [3.05, 3.63) is 29.3 Å². The van der Waals surface area contributed by atoms with Crippen LogP contribution in [0.15, 0.2) is 24.3 Å². The minimum atomic E-state index is -0.243. The molecule has 23 heavy (non-hydrogen) atoms. The summed E-state index contributed by atoms with van der Waals surface area (Å²) in [6, 6.07) is 7.06. The Bertz CT molecular complexity index is 528. The van der Waals surface area contributed by atoms with E-state index < -0.39 is 0 Å². The van der Waals surface area contributed by atoms with Gasteiger partial charge in [0.05, 0.1) is 45.8 Å². The summed E-state index contributed by atoms with van der Waals surface area (Å²) in [5.41, 5.74) is 0.751. The first-order valence-corrected chi connectivity index (χ1v) is 8.27. The molecule has 1 saturated heterocycles.